The topological polar surface area (TPSA) is 30.7 Å². The molecule has 2 rings (SSSR count). The molecular formula is C8H9ClF3N3S. The average Bonchev–Trinajstić information content (AvgIpc) is 2.92. The maximum Gasteiger partial charge on any atom is 0.441 e. The van der Waals surface area contributed by atoms with E-state index in [0.717, 1.165) is 12.8 Å². The van der Waals surface area contributed by atoms with Crippen LogP contribution in [0, 0.1) is 0 Å². The van der Waals surface area contributed by atoms with Crippen molar-refractivity contribution < 1.29 is 13.2 Å². The van der Waals surface area contributed by atoms with E-state index in [-0.39, 0.29) is 29.3 Å². The van der Waals surface area contributed by atoms with E-state index >= 15 is 0 Å². The largest absolute Gasteiger partial charge is 0.441 e. The lowest BCUT2D eigenvalue weighted by atomic mass is 10.4. The third-order valence-electron chi connectivity index (χ3n) is 2.26. The summed E-state index contributed by atoms with van der Waals surface area (Å²) in [6, 6.07) is 0. The molecule has 0 bridgehead atoms. The SMILES string of the molecule is FC(F)(F)SCCn1c(Cl)nnc1C1CC1. The summed E-state index contributed by atoms with van der Waals surface area (Å²) in [6.07, 6.45) is 2.03. The van der Waals surface area contributed by atoms with E-state index in [2.05, 4.69) is 10.2 Å². The maximum absolute atomic E-state index is 11.9. The number of thioether (sulfide) groups is 1. The van der Waals surface area contributed by atoms with Crippen molar-refractivity contribution in [3.05, 3.63) is 11.1 Å². The number of hydrogen-bond donors (Lipinski definition) is 0. The summed E-state index contributed by atoms with van der Waals surface area (Å²) in [5.41, 5.74) is -4.19. The first kappa shape index (κ1) is 12.0. The van der Waals surface area contributed by atoms with Crippen molar-refractivity contribution in [3.8, 4) is 0 Å². The summed E-state index contributed by atoms with van der Waals surface area (Å²) in [5.74, 6) is 0.977. The fraction of sp³-hybridized carbons (Fsp3) is 0.750. The Hall–Kier alpha value is -0.430. The Bertz CT molecular complexity index is 375. The van der Waals surface area contributed by atoms with Crippen molar-refractivity contribution in [2.75, 3.05) is 5.75 Å². The lowest BCUT2D eigenvalue weighted by molar-refractivity contribution is -0.0328. The third-order valence-corrected chi connectivity index (χ3v) is 3.25. The Morgan fingerprint density at radius 2 is 2.06 bits per heavy atom. The average molecular weight is 272 g/mol. The van der Waals surface area contributed by atoms with E-state index < -0.39 is 5.51 Å². The molecule has 8 heteroatoms. The molecule has 3 nitrogen and oxygen atoms in total. The van der Waals surface area contributed by atoms with E-state index in [1.54, 1.807) is 4.57 Å². The molecule has 1 saturated carbocycles. The van der Waals surface area contributed by atoms with Gasteiger partial charge in [0.25, 0.3) is 0 Å². The van der Waals surface area contributed by atoms with Crippen molar-refractivity contribution in [1.29, 1.82) is 0 Å². The van der Waals surface area contributed by atoms with Crippen LogP contribution in [0.4, 0.5) is 13.2 Å². The summed E-state index contributed by atoms with van der Waals surface area (Å²) in [6.45, 7) is 0.196. The zero-order valence-corrected chi connectivity index (χ0v) is 9.74. The lowest BCUT2D eigenvalue weighted by Crippen LogP contribution is -2.09. The van der Waals surface area contributed by atoms with Gasteiger partial charge in [-0.2, -0.15) is 13.2 Å². The monoisotopic (exact) mass is 271 g/mol. The second kappa shape index (κ2) is 4.44. The molecular weight excluding hydrogens is 263 g/mol. The van der Waals surface area contributed by atoms with Crippen molar-refractivity contribution >= 4 is 23.4 Å². The third kappa shape index (κ3) is 3.04. The van der Waals surface area contributed by atoms with E-state index in [1.807, 2.05) is 0 Å². The van der Waals surface area contributed by atoms with Crippen molar-refractivity contribution in [2.24, 2.45) is 0 Å². The normalized spacial score (nSPS) is 16.8. The van der Waals surface area contributed by atoms with Gasteiger partial charge < -0.3 is 4.57 Å². The number of rotatable bonds is 4. The molecule has 0 aliphatic heterocycles. The van der Waals surface area contributed by atoms with Crippen LogP contribution >= 0.6 is 23.4 Å². The van der Waals surface area contributed by atoms with E-state index in [9.17, 15) is 13.2 Å². The molecule has 1 aliphatic rings. The van der Waals surface area contributed by atoms with Gasteiger partial charge in [0.15, 0.2) is 0 Å². The minimum atomic E-state index is -4.19. The molecule has 0 spiro atoms. The Kier molecular flexibility index (Phi) is 3.34. The molecule has 0 amide bonds. The molecule has 0 unspecified atom stereocenters. The van der Waals surface area contributed by atoms with Crippen molar-refractivity contribution in [2.45, 2.75) is 30.8 Å². The van der Waals surface area contributed by atoms with Gasteiger partial charge in [0.05, 0.1) is 0 Å². The van der Waals surface area contributed by atoms with Gasteiger partial charge in [0.1, 0.15) is 5.82 Å². The van der Waals surface area contributed by atoms with Crippen LogP contribution in [0.5, 0.6) is 0 Å². The second-order valence-electron chi connectivity index (χ2n) is 3.55. The zero-order chi connectivity index (χ0) is 11.8. The minimum Gasteiger partial charge on any atom is -0.301 e. The Morgan fingerprint density at radius 3 is 2.62 bits per heavy atom. The summed E-state index contributed by atoms with van der Waals surface area (Å²) >= 11 is 5.71. The van der Waals surface area contributed by atoms with E-state index in [0.29, 0.717) is 11.7 Å². The van der Waals surface area contributed by atoms with Crippen LogP contribution in [0.1, 0.15) is 24.6 Å². The molecule has 1 aromatic rings. The quantitative estimate of drug-likeness (QED) is 0.843. The van der Waals surface area contributed by atoms with Gasteiger partial charge in [-0.25, -0.2) is 0 Å². The van der Waals surface area contributed by atoms with Crippen molar-refractivity contribution in [3.63, 3.8) is 0 Å². The Morgan fingerprint density at radius 1 is 1.38 bits per heavy atom. The molecule has 1 aliphatic carbocycles. The summed E-state index contributed by atoms with van der Waals surface area (Å²) in [4.78, 5) is 0. The van der Waals surface area contributed by atoms with Gasteiger partial charge in [-0.05, 0) is 36.2 Å². The highest BCUT2D eigenvalue weighted by Crippen LogP contribution is 2.40. The van der Waals surface area contributed by atoms with Crippen LogP contribution < -0.4 is 0 Å². The first-order chi connectivity index (χ1) is 7.47. The highest BCUT2D eigenvalue weighted by Gasteiger charge is 2.31. The number of aromatic nitrogens is 3. The molecule has 1 fully saturated rings. The van der Waals surface area contributed by atoms with Gasteiger partial charge in [0.2, 0.25) is 5.28 Å². The van der Waals surface area contributed by atoms with Gasteiger partial charge in [-0.3, -0.25) is 0 Å². The van der Waals surface area contributed by atoms with Crippen LogP contribution in [-0.2, 0) is 6.54 Å². The van der Waals surface area contributed by atoms with Gasteiger partial charge in [-0.1, -0.05) is 0 Å². The molecule has 0 radical (unpaired) electrons. The van der Waals surface area contributed by atoms with Crippen LogP contribution in [-0.4, -0.2) is 26.0 Å². The molecule has 0 atom stereocenters. The van der Waals surface area contributed by atoms with Crippen LogP contribution in [0.15, 0.2) is 0 Å². The first-order valence-electron chi connectivity index (χ1n) is 4.76. The predicted octanol–water partition coefficient (Wildman–Crippen LogP) is 3.06. The number of hydrogen-bond acceptors (Lipinski definition) is 3. The lowest BCUT2D eigenvalue weighted by Gasteiger charge is -2.08. The van der Waals surface area contributed by atoms with Crippen LogP contribution in [0.2, 0.25) is 5.28 Å². The maximum atomic E-state index is 11.9. The molecule has 1 aromatic heterocycles. The van der Waals surface area contributed by atoms with Crippen LogP contribution in [0.25, 0.3) is 0 Å². The summed E-state index contributed by atoms with van der Waals surface area (Å²) in [7, 11) is 0. The molecule has 0 aromatic carbocycles. The molecule has 90 valence electrons. The molecule has 1 heterocycles. The standard InChI is InChI=1S/C8H9ClF3N3S/c9-7-14-13-6(5-1-2-5)15(7)3-4-16-8(10,11)12/h5H,1-4H2. The second-order valence-corrected chi connectivity index (χ2v) is 5.05. The van der Waals surface area contributed by atoms with Gasteiger partial charge >= 0.3 is 5.51 Å². The number of nitrogens with zero attached hydrogens (tertiary/aromatic N) is 3. The molecule has 16 heavy (non-hydrogen) atoms. The fourth-order valence-corrected chi connectivity index (χ4v) is 2.11. The molecule has 0 saturated heterocycles. The summed E-state index contributed by atoms with van der Waals surface area (Å²) in [5, 5.41) is 7.74. The number of halogens is 4. The Labute approximate surface area is 99.4 Å². The smallest absolute Gasteiger partial charge is 0.301 e. The highest BCUT2D eigenvalue weighted by molar-refractivity contribution is 8.00. The van der Waals surface area contributed by atoms with Gasteiger partial charge in [0, 0.05) is 18.2 Å². The Balaban J connectivity index is 1.95. The van der Waals surface area contributed by atoms with E-state index in [4.69, 9.17) is 11.6 Å². The van der Waals surface area contributed by atoms with Gasteiger partial charge in [-0.15, -0.1) is 10.2 Å². The highest BCUT2D eigenvalue weighted by atomic mass is 35.5. The van der Waals surface area contributed by atoms with Crippen LogP contribution in [0.3, 0.4) is 0 Å². The zero-order valence-electron chi connectivity index (χ0n) is 8.17. The minimum absolute atomic E-state index is 0.0537. The number of alkyl halides is 3. The predicted molar refractivity (Wildman–Crippen MR) is 55.5 cm³/mol. The van der Waals surface area contributed by atoms with Crippen molar-refractivity contribution in [1.82, 2.24) is 14.8 Å². The first-order valence-corrected chi connectivity index (χ1v) is 6.13. The fourth-order valence-electron chi connectivity index (χ4n) is 1.40. The molecule has 0 N–H and O–H groups in total. The summed E-state index contributed by atoms with van der Waals surface area (Å²) < 4.78 is 37.4. The van der Waals surface area contributed by atoms with E-state index in [1.165, 1.54) is 0 Å².